The molecule has 3 aromatic rings. The number of fused-ring (bicyclic) bond motifs is 1. The van der Waals surface area contributed by atoms with Crippen LogP contribution in [0.25, 0.3) is 11.0 Å². The number of benzene rings is 1. The Morgan fingerprint density at radius 1 is 1.15 bits per heavy atom. The second kappa shape index (κ2) is 4.92. The van der Waals surface area contributed by atoms with Gasteiger partial charge in [-0.25, -0.2) is 13.8 Å². The van der Waals surface area contributed by atoms with Crippen LogP contribution in [0.15, 0.2) is 36.7 Å². The molecule has 3 nitrogen and oxygen atoms in total. The molecule has 102 valence electrons. The van der Waals surface area contributed by atoms with Gasteiger partial charge in [-0.1, -0.05) is 0 Å². The van der Waals surface area contributed by atoms with Crippen LogP contribution in [0, 0.1) is 11.6 Å². The normalized spacial score (nSPS) is 11.1. The van der Waals surface area contributed by atoms with Crippen LogP contribution < -0.4 is 5.73 Å². The number of halogens is 2. The topological polar surface area (TPSA) is 54.7 Å². The Hall–Kier alpha value is -2.43. The molecule has 0 radical (unpaired) electrons. The molecule has 0 spiro atoms. The van der Waals surface area contributed by atoms with Crippen molar-refractivity contribution in [2.45, 2.75) is 12.8 Å². The smallest absolute Gasteiger partial charge is 0.152 e. The molecule has 0 aliphatic heterocycles. The Balaban J connectivity index is 1.84. The van der Waals surface area contributed by atoms with E-state index < -0.39 is 11.6 Å². The number of hydrogen-bond donors (Lipinski definition) is 2. The summed E-state index contributed by atoms with van der Waals surface area (Å²) in [7, 11) is 0. The predicted octanol–water partition coefficient (Wildman–Crippen LogP) is 3.21. The first kappa shape index (κ1) is 12.6. The maximum absolute atomic E-state index is 13.8. The van der Waals surface area contributed by atoms with Gasteiger partial charge in [-0.3, -0.25) is 0 Å². The van der Waals surface area contributed by atoms with Crippen LogP contribution in [0.2, 0.25) is 0 Å². The summed E-state index contributed by atoms with van der Waals surface area (Å²) >= 11 is 0. The van der Waals surface area contributed by atoms with Crippen molar-refractivity contribution in [3.05, 3.63) is 59.4 Å². The number of nitrogen functional groups attached to an aromatic ring is 1. The first-order valence-electron chi connectivity index (χ1n) is 6.29. The average molecular weight is 273 g/mol. The monoisotopic (exact) mass is 273 g/mol. The van der Waals surface area contributed by atoms with Gasteiger partial charge < -0.3 is 10.7 Å². The molecule has 0 aliphatic rings. The Bertz CT molecular complexity index is 765. The van der Waals surface area contributed by atoms with E-state index in [0.29, 0.717) is 6.42 Å². The second-order valence-corrected chi connectivity index (χ2v) is 4.69. The minimum absolute atomic E-state index is 0.0270. The highest BCUT2D eigenvalue weighted by Gasteiger charge is 2.12. The first-order chi connectivity index (χ1) is 9.65. The van der Waals surface area contributed by atoms with E-state index in [0.717, 1.165) is 16.6 Å². The Morgan fingerprint density at radius 3 is 2.85 bits per heavy atom. The van der Waals surface area contributed by atoms with Crippen LogP contribution in [-0.4, -0.2) is 9.97 Å². The molecule has 1 aromatic carbocycles. The van der Waals surface area contributed by atoms with Gasteiger partial charge in [0.2, 0.25) is 0 Å². The van der Waals surface area contributed by atoms with E-state index in [1.807, 2.05) is 12.1 Å². The molecule has 2 aromatic heterocycles. The molecular weight excluding hydrogens is 260 g/mol. The van der Waals surface area contributed by atoms with Gasteiger partial charge in [-0.15, -0.1) is 0 Å². The van der Waals surface area contributed by atoms with E-state index in [9.17, 15) is 8.78 Å². The number of aromatic nitrogens is 2. The number of aromatic amines is 1. The summed E-state index contributed by atoms with van der Waals surface area (Å²) < 4.78 is 27.4. The third kappa shape index (κ3) is 2.22. The Kier molecular flexibility index (Phi) is 3.10. The summed E-state index contributed by atoms with van der Waals surface area (Å²) in [5.74, 6) is -1.23. The van der Waals surface area contributed by atoms with Gasteiger partial charge in [0, 0.05) is 23.3 Å². The molecule has 0 saturated carbocycles. The molecule has 2 heterocycles. The maximum atomic E-state index is 13.8. The first-order valence-corrected chi connectivity index (χ1v) is 6.29. The molecular formula is C15H13F2N3. The second-order valence-electron chi connectivity index (χ2n) is 4.69. The molecule has 0 amide bonds. The van der Waals surface area contributed by atoms with E-state index in [1.54, 1.807) is 12.4 Å². The van der Waals surface area contributed by atoms with Crippen molar-refractivity contribution in [1.82, 2.24) is 9.97 Å². The van der Waals surface area contributed by atoms with Gasteiger partial charge in [0.25, 0.3) is 0 Å². The molecule has 3 N–H and O–H groups in total. The molecule has 20 heavy (non-hydrogen) atoms. The van der Waals surface area contributed by atoms with Gasteiger partial charge in [-0.2, -0.15) is 0 Å². The molecule has 5 heteroatoms. The van der Waals surface area contributed by atoms with Gasteiger partial charge >= 0.3 is 0 Å². The highest BCUT2D eigenvalue weighted by atomic mass is 19.1. The van der Waals surface area contributed by atoms with E-state index in [-0.39, 0.29) is 17.7 Å². The van der Waals surface area contributed by atoms with Crippen LogP contribution in [-0.2, 0) is 12.8 Å². The summed E-state index contributed by atoms with van der Waals surface area (Å²) in [5.41, 5.74) is 7.19. The van der Waals surface area contributed by atoms with Crippen LogP contribution in [0.5, 0.6) is 0 Å². The third-order valence-corrected chi connectivity index (χ3v) is 3.34. The quantitative estimate of drug-likeness (QED) is 0.720. The molecule has 0 fully saturated rings. The van der Waals surface area contributed by atoms with Gasteiger partial charge in [0.15, 0.2) is 5.82 Å². The van der Waals surface area contributed by atoms with E-state index in [1.165, 1.54) is 12.1 Å². The van der Waals surface area contributed by atoms with Crippen LogP contribution in [0.3, 0.4) is 0 Å². The summed E-state index contributed by atoms with van der Waals surface area (Å²) in [6, 6.07) is 6.30. The zero-order valence-corrected chi connectivity index (χ0v) is 10.7. The number of H-pyrrole nitrogens is 1. The average Bonchev–Trinajstić information content (AvgIpc) is 2.90. The SMILES string of the molecule is Nc1ccc(F)c(CCc2cnc3[nH]ccc3c2)c1F. The van der Waals surface area contributed by atoms with E-state index >= 15 is 0 Å². The third-order valence-electron chi connectivity index (χ3n) is 3.34. The lowest BCUT2D eigenvalue weighted by Crippen LogP contribution is -2.02. The van der Waals surface area contributed by atoms with Crippen molar-refractivity contribution in [2.24, 2.45) is 0 Å². The molecule has 0 unspecified atom stereocenters. The number of nitrogens with one attached hydrogen (secondary N) is 1. The van der Waals surface area contributed by atoms with Crippen molar-refractivity contribution in [3.8, 4) is 0 Å². The minimum Gasteiger partial charge on any atom is -0.396 e. The lowest BCUT2D eigenvalue weighted by atomic mass is 10.0. The fourth-order valence-corrected chi connectivity index (χ4v) is 2.24. The zero-order valence-electron chi connectivity index (χ0n) is 10.7. The summed E-state index contributed by atoms with van der Waals surface area (Å²) in [5, 5.41) is 0.982. The van der Waals surface area contributed by atoms with Crippen molar-refractivity contribution in [1.29, 1.82) is 0 Å². The standard InChI is InChI=1S/C15H13F2N3/c16-12-3-4-13(18)14(17)11(12)2-1-9-7-10-5-6-19-15(10)20-8-9/h3-8H,1-2,18H2,(H,19,20). The molecule has 3 rings (SSSR count). The Labute approximate surface area is 114 Å². The fraction of sp³-hybridized carbons (Fsp3) is 0.133. The fourth-order valence-electron chi connectivity index (χ4n) is 2.24. The van der Waals surface area contributed by atoms with Crippen molar-refractivity contribution < 1.29 is 8.78 Å². The van der Waals surface area contributed by atoms with E-state index in [2.05, 4.69) is 9.97 Å². The zero-order chi connectivity index (χ0) is 14.1. The molecule has 0 atom stereocenters. The molecule has 0 aliphatic carbocycles. The summed E-state index contributed by atoms with van der Waals surface area (Å²) in [4.78, 5) is 7.25. The van der Waals surface area contributed by atoms with Gasteiger partial charge in [-0.05, 0) is 42.7 Å². The summed E-state index contributed by atoms with van der Waals surface area (Å²) in [6.45, 7) is 0. The highest BCUT2D eigenvalue weighted by Crippen LogP contribution is 2.21. The number of nitrogens with two attached hydrogens (primary N) is 1. The van der Waals surface area contributed by atoms with Gasteiger partial charge in [0.05, 0.1) is 5.69 Å². The van der Waals surface area contributed by atoms with Crippen LogP contribution >= 0.6 is 0 Å². The number of aryl methyl sites for hydroxylation is 1. The highest BCUT2D eigenvalue weighted by molar-refractivity contribution is 5.75. The van der Waals surface area contributed by atoms with Crippen LogP contribution in [0.1, 0.15) is 11.1 Å². The number of nitrogens with zero attached hydrogens (tertiary/aromatic N) is 1. The maximum Gasteiger partial charge on any atom is 0.152 e. The largest absolute Gasteiger partial charge is 0.396 e. The number of pyridine rings is 1. The summed E-state index contributed by atoms with van der Waals surface area (Å²) in [6.07, 6.45) is 4.27. The lowest BCUT2D eigenvalue weighted by molar-refractivity contribution is 0.557. The Morgan fingerprint density at radius 2 is 2.00 bits per heavy atom. The molecule has 0 saturated heterocycles. The number of hydrogen-bond acceptors (Lipinski definition) is 2. The van der Waals surface area contributed by atoms with Crippen molar-refractivity contribution in [3.63, 3.8) is 0 Å². The van der Waals surface area contributed by atoms with Crippen LogP contribution in [0.4, 0.5) is 14.5 Å². The minimum atomic E-state index is -0.666. The predicted molar refractivity (Wildman–Crippen MR) is 74.3 cm³/mol. The number of rotatable bonds is 3. The van der Waals surface area contributed by atoms with E-state index in [4.69, 9.17) is 5.73 Å². The molecule has 0 bridgehead atoms. The lowest BCUT2D eigenvalue weighted by Gasteiger charge is -2.07. The van der Waals surface area contributed by atoms with Crippen molar-refractivity contribution in [2.75, 3.05) is 5.73 Å². The van der Waals surface area contributed by atoms with Gasteiger partial charge in [0.1, 0.15) is 11.5 Å². The van der Waals surface area contributed by atoms with Crippen molar-refractivity contribution >= 4 is 16.7 Å². The number of anilines is 1.